The second-order valence-corrected chi connectivity index (χ2v) is 4.65. The minimum atomic E-state index is 0.0901. The van der Waals surface area contributed by atoms with E-state index in [1.54, 1.807) is 0 Å². The van der Waals surface area contributed by atoms with E-state index >= 15 is 0 Å². The van der Waals surface area contributed by atoms with Crippen LogP contribution in [-0.2, 0) is 4.74 Å². The summed E-state index contributed by atoms with van der Waals surface area (Å²) in [6.07, 6.45) is 1.91. The lowest BCUT2D eigenvalue weighted by Crippen LogP contribution is -2.43. The molecule has 2 heterocycles. The predicted octanol–water partition coefficient (Wildman–Crippen LogP) is 2.07. The molecule has 0 aliphatic carbocycles. The second-order valence-electron chi connectivity index (χ2n) is 4.34. The SMILES string of the molecule is ClCC1CN(c2cnnc3ccccc23)CCO1. The normalized spacial score (nSPS) is 20.3. The number of hydrogen-bond acceptors (Lipinski definition) is 4. The van der Waals surface area contributed by atoms with Crippen molar-refractivity contribution in [2.75, 3.05) is 30.5 Å². The quantitative estimate of drug-likeness (QED) is 0.778. The van der Waals surface area contributed by atoms with E-state index in [0.717, 1.165) is 29.7 Å². The maximum atomic E-state index is 5.87. The molecule has 0 N–H and O–H groups in total. The van der Waals surface area contributed by atoms with Gasteiger partial charge in [0.2, 0.25) is 0 Å². The smallest absolute Gasteiger partial charge is 0.0950 e. The summed E-state index contributed by atoms with van der Waals surface area (Å²) in [6, 6.07) is 8.05. The van der Waals surface area contributed by atoms with Crippen LogP contribution in [0.5, 0.6) is 0 Å². The lowest BCUT2D eigenvalue weighted by molar-refractivity contribution is 0.0555. The van der Waals surface area contributed by atoms with Gasteiger partial charge in [0, 0.05) is 18.5 Å². The van der Waals surface area contributed by atoms with Gasteiger partial charge in [0.05, 0.1) is 36.0 Å². The molecule has 1 fully saturated rings. The standard InChI is InChI=1S/C13H14ClN3O/c14-7-10-9-17(5-6-18-10)13-8-15-16-12-4-2-1-3-11(12)13/h1-4,8,10H,5-7,9H2. The molecule has 0 spiro atoms. The Hall–Kier alpha value is -1.39. The zero-order valence-electron chi connectivity index (χ0n) is 9.92. The zero-order chi connectivity index (χ0) is 12.4. The summed E-state index contributed by atoms with van der Waals surface area (Å²) in [6.45, 7) is 2.37. The molecule has 0 saturated carbocycles. The minimum Gasteiger partial charge on any atom is -0.373 e. The second kappa shape index (κ2) is 5.08. The van der Waals surface area contributed by atoms with Gasteiger partial charge in [-0.15, -0.1) is 11.6 Å². The van der Waals surface area contributed by atoms with Gasteiger partial charge in [-0.25, -0.2) is 0 Å². The van der Waals surface area contributed by atoms with Gasteiger partial charge in [-0.2, -0.15) is 10.2 Å². The van der Waals surface area contributed by atoms with Crippen molar-refractivity contribution in [3.8, 4) is 0 Å². The molecule has 4 nitrogen and oxygen atoms in total. The van der Waals surface area contributed by atoms with Crippen LogP contribution in [0.3, 0.4) is 0 Å². The first kappa shape index (κ1) is 11.7. The highest BCUT2D eigenvalue weighted by atomic mass is 35.5. The Morgan fingerprint density at radius 2 is 2.28 bits per heavy atom. The number of anilines is 1. The molecule has 1 saturated heterocycles. The van der Waals surface area contributed by atoms with Crippen molar-refractivity contribution in [2.24, 2.45) is 0 Å². The van der Waals surface area contributed by atoms with Crippen LogP contribution in [0.25, 0.3) is 10.9 Å². The maximum Gasteiger partial charge on any atom is 0.0950 e. The van der Waals surface area contributed by atoms with E-state index in [0.29, 0.717) is 12.5 Å². The fraction of sp³-hybridized carbons (Fsp3) is 0.385. The minimum absolute atomic E-state index is 0.0901. The summed E-state index contributed by atoms with van der Waals surface area (Å²) >= 11 is 5.87. The first-order valence-electron chi connectivity index (χ1n) is 6.01. The highest BCUT2D eigenvalue weighted by molar-refractivity contribution is 6.18. The van der Waals surface area contributed by atoms with E-state index in [2.05, 4.69) is 21.2 Å². The Bertz CT molecular complexity index is 543. The van der Waals surface area contributed by atoms with E-state index in [4.69, 9.17) is 16.3 Å². The van der Waals surface area contributed by atoms with E-state index in [1.165, 1.54) is 0 Å². The van der Waals surface area contributed by atoms with Gasteiger partial charge in [0.1, 0.15) is 0 Å². The largest absolute Gasteiger partial charge is 0.373 e. The molecule has 0 bridgehead atoms. The summed E-state index contributed by atoms with van der Waals surface area (Å²) in [5.41, 5.74) is 2.03. The van der Waals surface area contributed by atoms with Crippen LogP contribution in [0.15, 0.2) is 30.5 Å². The van der Waals surface area contributed by atoms with Crippen molar-refractivity contribution in [1.82, 2.24) is 10.2 Å². The van der Waals surface area contributed by atoms with Crippen LogP contribution in [0.1, 0.15) is 0 Å². The van der Waals surface area contributed by atoms with E-state index < -0.39 is 0 Å². The van der Waals surface area contributed by atoms with Crippen LogP contribution in [-0.4, -0.2) is 41.9 Å². The molecule has 0 amide bonds. The van der Waals surface area contributed by atoms with Gasteiger partial charge in [-0.1, -0.05) is 18.2 Å². The molecule has 1 aromatic carbocycles. The first-order chi connectivity index (χ1) is 8.88. The van der Waals surface area contributed by atoms with Crippen LogP contribution in [0.2, 0.25) is 0 Å². The monoisotopic (exact) mass is 263 g/mol. The maximum absolute atomic E-state index is 5.87. The van der Waals surface area contributed by atoms with Gasteiger partial charge < -0.3 is 9.64 Å². The van der Waals surface area contributed by atoms with Gasteiger partial charge in [-0.05, 0) is 6.07 Å². The third kappa shape index (κ3) is 2.13. The Morgan fingerprint density at radius 1 is 1.39 bits per heavy atom. The summed E-state index contributed by atoms with van der Waals surface area (Å²) in [4.78, 5) is 2.27. The molecule has 18 heavy (non-hydrogen) atoms. The summed E-state index contributed by atoms with van der Waals surface area (Å²) in [5, 5.41) is 9.34. The average molecular weight is 264 g/mol. The van der Waals surface area contributed by atoms with Crippen molar-refractivity contribution in [1.29, 1.82) is 0 Å². The fourth-order valence-corrected chi connectivity index (χ4v) is 2.46. The molecule has 5 heteroatoms. The molecule has 1 aliphatic rings. The molecular weight excluding hydrogens is 250 g/mol. The lowest BCUT2D eigenvalue weighted by atomic mass is 10.1. The third-order valence-electron chi connectivity index (χ3n) is 3.18. The molecule has 2 aromatic rings. The molecule has 1 aromatic heterocycles. The van der Waals surface area contributed by atoms with Crippen LogP contribution in [0, 0.1) is 0 Å². The molecule has 1 aliphatic heterocycles. The number of alkyl halides is 1. The average Bonchev–Trinajstić information content (AvgIpc) is 2.47. The van der Waals surface area contributed by atoms with Crippen molar-refractivity contribution in [2.45, 2.75) is 6.10 Å². The summed E-state index contributed by atoms with van der Waals surface area (Å²) < 4.78 is 5.58. The molecule has 94 valence electrons. The molecular formula is C13H14ClN3O. The number of rotatable bonds is 2. The van der Waals surface area contributed by atoms with E-state index in [9.17, 15) is 0 Å². The van der Waals surface area contributed by atoms with Crippen molar-refractivity contribution in [3.05, 3.63) is 30.5 Å². The lowest BCUT2D eigenvalue weighted by Gasteiger charge is -2.33. The molecule has 0 radical (unpaired) electrons. The van der Waals surface area contributed by atoms with Gasteiger partial charge >= 0.3 is 0 Å². The zero-order valence-corrected chi connectivity index (χ0v) is 10.7. The Balaban J connectivity index is 1.98. The first-order valence-corrected chi connectivity index (χ1v) is 6.55. The Labute approximate surface area is 111 Å². The van der Waals surface area contributed by atoms with E-state index in [-0.39, 0.29) is 6.10 Å². The number of fused-ring (bicyclic) bond motifs is 1. The highest BCUT2D eigenvalue weighted by Gasteiger charge is 2.21. The molecule has 1 atom stereocenters. The number of benzene rings is 1. The van der Waals surface area contributed by atoms with Crippen LogP contribution in [0.4, 0.5) is 5.69 Å². The number of aromatic nitrogens is 2. The number of morpholine rings is 1. The topological polar surface area (TPSA) is 38.2 Å². The van der Waals surface area contributed by atoms with Gasteiger partial charge in [0.15, 0.2) is 0 Å². The highest BCUT2D eigenvalue weighted by Crippen LogP contribution is 2.25. The van der Waals surface area contributed by atoms with E-state index in [1.807, 2.05) is 24.4 Å². The van der Waals surface area contributed by atoms with Gasteiger partial charge in [0.25, 0.3) is 0 Å². The number of halogens is 1. The van der Waals surface area contributed by atoms with Crippen LogP contribution < -0.4 is 4.90 Å². The number of ether oxygens (including phenoxy) is 1. The predicted molar refractivity (Wildman–Crippen MR) is 72.2 cm³/mol. The van der Waals surface area contributed by atoms with Crippen molar-refractivity contribution >= 4 is 28.2 Å². The van der Waals surface area contributed by atoms with Gasteiger partial charge in [-0.3, -0.25) is 0 Å². The summed E-state index contributed by atoms with van der Waals surface area (Å²) in [5.74, 6) is 0.521. The fourth-order valence-electron chi connectivity index (χ4n) is 2.28. The Kier molecular flexibility index (Phi) is 3.30. The third-order valence-corrected chi connectivity index (χ3v) is 3.52. The number of nitrogens with zero attached hydrogens (tertiary/aromatic N) is 3. The van der Waals surface area contributed by atoms with Crippen molar-refractivity contribution < 1.29 is 4.74 Å². The van der Waals surface area contributed by atoms with Crippen LogP contribution >= 0.6 is 11.6 Å². The Morgan fingerprint density at radius 3 is 3.17 bits per heavy atom. The summed E-state index contributed by atoms with van der Waals surface area (Å²) in [7, 11) is 0. The molecule has 3 rings (SSSR count). The van der Waals surface area contributed by atoms with Crippen molar-refractivity contribution in [3.63, 3.8) is 0 Å². The number of hydrogen-bond donors (Lipinski definition) is 0. The molecule has 1 unspecified atom stereocenters.